The van der Waals surface area contributed by atoms with Crippen LogP contribution in [-0.4, -0.2) is 16.9 Å². The zero-order valence-corrected chi connectivity index (χ0v) is 11.7. The Kier molecular flexibility index (Phi) is 3.04. The third-order valence-corrected chi connectivity index (χ3v) is 4.66. The summed E-state index contributed by atoms with van der Waals surface area (Å²) in [4.78, 5) is 26.3. The van der Waals surface area contributed by atoms with Crippen molar-refractivity contribution in [2.24, 2.45) is 5.41 Å². The molecule has 1 aliphatic heterocycles. The molecule has 1 spiro atoms. The van der Waals surface area contributed by atoms with E-state index in [9.17, 15) is 14.7 Å². The highest BCUT2D eigenvalue weighted by molar-refractivity contribution is 6.22. The van der Waals surface area contributed by atoms with E-state index in [1.54, 1.807) is 19.1 Å². The van der Waals surface area contributed by atoms with E-state index in [0.717, 1.165) is 37.7 Å². The SMILES string of the molecule is Cc1ccc(N2C(=O)CC3(CCCCC3)C2=O)cc1O. The van der Waals surface area contributed by atoms with Gasteiger partial charge in [-0.25, -0.2) is 4.90 Å². The number of anilines is 1. The highest BCUT2D eigenvalue weighted by Crippen LogP contribution is 2.46. The molecule has 2 fully saturated rings. The zero-order chi connectivity index (χ0) is 14.3. The maximum atomic E-state index is 12.7. The van der Waals surface area contributed by atoms with Crippen molar-refractivity contribution < 1.29 is 14.7 Å². The number of rotatable bonds is 1. The second-order valence-corrected chi connectivity index (χ2v) is 6.02. The number of hydrogen-bond donors (Lipinski definition) is 1. The summed E-state index contributed by atoms with van der Waals surface area (Å²) in [6.07, 6.45) is 5.13. The Labute approximate surface area is 118 Å². The maximum Gasteiger partial charge on any atom is 0.240 e. The number of benzene rings is 1. The Morgan fingerprint density at radius 3 is 2.50 bits per heavy atom. The van der Waals surface area contributed by atoms with E-state index < -0.39 is 5.41 Å². The van der Waals surface area contributed by atoms with Crippen molar-refractivity contribution in [3.8, 4) is 5.75 Å². The molecule has 1 aromatic carbocycles. The monoisotopic (exact) mass is 273 g/mol. The van der Waals surface area contributed by atoms with Crippen molar-refractivity contribution in [3.63, 3.8) is 0 Å². The van der Waals surface area contributed by atoms with Crippen LogP contribution in [0.3, 0.4) is 0 Å². The van der Waals surface area contributed by atoms with Crippen molar-refractivity contribution >= 4 is 17.5 Å². The molecule has 1 N–H and O–H groups in total. The second-order valence-electron chi connectivity index (χ2n) is 6.02. The van der Waals surface area contributed by atoms with Gasteiger partial charge in [-0.05, 0) is 31.4 Å². The van der Waals surface area contributed by atoms with Gasteiger partial charge in [-0.1, -0.05) is 25.3 Å². The highest BCUT2D eigenvalue weighted by atomic mass is 16.3. The van der Waals surface area contributed by atoms with Crippen molar-refractivity contribution in [3.05, 3.63) is 23.8 Å². The Hall–Kier alpha value is -1.84. The van der Waals surface area contributed by atoms with Crippen LogP contribution in [0.25, 0.3) is 0 Å². The summed E-state index contributed by atoms with van der Waals surface area (Å²) in [6.45, 7) is 1.79. The van der Waals surface area contributed by atoms with Crippen LogP contribution in [0.1, 0.15) is 44.1 Å². The summed E-state index contributed by atoms with van der Waals surface area (Å²) < 4.78 is 0. The molecule has 106 valence electrons. The van der Waals surface area contributed by atoms with Crippen LogP contribution in [0.15, 0.2) is 18.2 Å². The van der Waals surface area contributed by atoms with Crippen molar-refractivity contribution in [1.82, 2.24) is 0 Å². The number of phenolic OH excluding ortho intramolecular Hbond substituents is 1. The number of carbonyl (C=O) groups excluding carboxylic acids is 2. The summed E-state index contributed by atoms with van der Waals surface area (Å²) in [6, 6.07) is 4.97. The first-order valence-electron chi connectivity index (χ1n) is 7.20. The highest BCUT2D eigenvalue weighted by Gasteiger charge is 2.52. The summed E-state index contributed by atoms with van der Waals surface area (Å²) in [5, 5.41) is 9.79. The van der Waals surface area contributed by atoms with Gasteiger partial charge >= 0.3 is 0 Å². The molecule has 3 rings (SSSR count). The van der Waals surface area contributed by atoms with Gasteiger partial charge in [0.25, 0.3) is 0 Å². The summed E-state index contributed by atoms with van der Waals surface area (Å²) in [5.74, 6) is -0.0988. The molecule has 1 aromatic rings. The molecule has 1 aliphatic carbocycles. The molecule has 0 radical (unpaired) electrons. The molecule has 1 heterocycles. The van der Waals surface area contributed by atoms with E-state index in [-0.39, 0.29) is 17.6 Å². The Morgan fingerprint density at radius 2 is 1.85 bits per heavy atom. The van der Waals surface area contributed by atoms with E-state index in [1.165, 1.54) is 11.0 Å². The molecule has 0 aromatic heterocycles. The minimum atomic E-state index is -0.476. The van der Waals surface area contributed by atoms with Crippen LogP contribution >= 0.6 is 0 Å². The van der Waals surface area contributed by atoms with Gasteiger partial charge in [0.2, 0.25) is 11.8 Å². The van der Waals surface area contributed by atoms with E-state index in [1.807, 2.05) is 0 Å². The second kappa shape index (κ2) is 4.62. The largest absolute Gasteiger partial charge is 0.508 e. The zero-order valence-electron chi connectivity index (χ0n) is 11.7. The van der Waals surface area contributed by atoms with Gasteiger partial charge in [-0.3, -0.25) is 9.59 Å². The number of hydrogen-bond acceptors (Lipinski definition) is 3. The lowest BCUT2D eigenvalue weighted by Gasteiger charge is -2.30. The number of nitrogens with zero attached hydrogens (tertiary/aromatic N) is 1. The van der Waals surface area contributed by atoms with Gasteiger partial charge in [-0.15, -0.1) is 0 Å². The Morgan fingerprint density at radius 1 is 1.15 bits per heavy atom. The van der Waals surface area contributed by atoms with Crippen LogP contribution in [0.2, 0.25) is 0 Å². The molecule has 2 amide bonds. The van der Waals surface area contributed by atoms with E-state index in [2.05, 4.69) is 0 Å². The number of carbonyl (C=O) groups is 2. The van der Waals surface area contributed by atoms with Crippen LogP contribution < -0.4 is 4.90 Å². The smallest absolute Gasteiger partial charge is 0.240 e. The minimum Gasteiger partial charge on any atom is -0.508 e. The average molecular weight is 273 g/mol. The first-order valence-corrected chi connectivity index (χ1v) is 7.20. The molecule has 0 bridgehead atoms. The molecule has 0 atom stereocenters. The normalized spacial score (nSPS) is 21.8. The molecule has 1 saturated carbocycles. The lowest BCUT2D eigenvalue weighted by Crippen LogP contribution is -2.36. The first kappa shape index (κ1) is 13.2. The van der Waals surface area contributed by atoms with E-state index >= 15 is 0 Å². The lowest BCUT2D eigenvalue weighted by molar-refractivity contribution is -0.127. The van der Waals surface area contributed by atoms with Crippen molar-refractivity contribution in [1.29, 1.82) is 0 Å². The fourth-order valence-corrected chi connectivity index (χ4v) is 3.41. The molecule has 4 heteroatoms. The van der Waals surface area contributed by atoms with Gasteiger partial charge in [0.05, 0.1) is 11.1 Å². The number of aryl methyl sites for hydroxylation is 1. The first-order chi connectivity index (χ1) is 9.53. The molecular weight excluding hydrogens is 254 g/mol. The number of amides is 2. The third-order valence-electron chi connectivity index (χ3n) is 4.66. The van der Waals surface area contributed by atoms with Gasteiger partial charge in [0.1, 0.15) is 5.75 Å². The molecule has 2 aliphatic rings. The fraction of sp³-hybridized carbons (Fsp3) is 0.500. The van der Waals surface area contributed by atoms with E-state index in [4.69, 9.17) is 0 Å². The minimum absolute atomic E-state index is 0.0783. The van der Waals surface area contributed by atoms with Gasteiger partial charge < -0.3 is 5.11 Å². The lowest BCUT2D eigenvalue weighted by atomic mass is 9.73. The Bertz CT molecular complexity index is 573. The average Bonchev–Trinajstić information content (AvgIpc) is 2.66. The topological polar surface area (TPSA) is 57.6 Å². The number of imide groups is 1. The van der Waals surface area contributed by atoms with Crippen LogP contribution in [0.4, 0.5) is 5.69 Å². The molecule has 1 saturated heterocycles. The quantitative estimate of drug-likeness (QED) is 0.800. The van der Waals surface area contributed by atoms with Gasteiger partial charge in [0.15, 0.2) is 0 Å². The van der Waals surface area contributed by atoms with Gasteiger partial charge in [0, 0.05) is 12.5 Å². The standard InChI is InChI=1S/C16H19NO3/c1-11-5-6-12(9-13(11)18)17-14(19)10-16(15(17)20)7-3-2-4-8-16/h5-6,9,18H,2-4,7-8,10H2,1H3. The number of aromatic hydroxyl groups is 1. The summed E-state index contributed by atoms with van der Waals surface area (Å²) in [7, 11) is 0. The molecule has 20 heavy (non-hydrogen) atoms. The van der Waals surface area contributed by atoms with Crippen LogP contribution in [0, 0.1) is 12.3 Å². The fourth-order valence-electron chi connectivity index (χ4n) is 3.41. The molecule has 4 nitrogen and oxygen atoms in total. The summed E-state index contributed by atoms with van der Waals surface area (Å²) >= 11 is 0. The van der Waals surface area contributed by atoms with Crippen molar-refractivity contribution in [2.75, 3.05) is 4.90 Å². The van der Waals surface area contributed by atoms with E-state index in [0.29, 0.717) is 12.1 Å². The molecular formula is C16H19NO3. The van der Waals surface area contributed by atoms with Gasteiger partial charge in [-0.2, -0.15) is 0 Å². The molecule has 0 unspecified atom stereocenters. The predicted octanol–water partition coefficient (Wildman–Crippen LogP) is 2.91. The predicted molar refractivity (Wildman–Crippen MR) is 75.5 cm³/mol. The maximum absolute atomic E-state index is 12.7. The van der Waals surface area contributed by atoms with Crippen LogP contribution in [-0.2, 0) is 9.59 Å². The summed E-state index contributed by atoms with van der Waals surface area (Å²) in [5.41, 5.74) is 0.751. The number of phenols is 1. The third kappa shape index (κ3) is 1.90. The van der Waals surface area contributed by atoms with Crippen molar-refractivity contribution in [2.45, 2.75) is 45.4 Å². The Balaban J connectivity index is 1.95. The van der Waals surface area contributed by atoms with Crippen LogP contribution in [0.5, 0.6) is 5.75 Å².